The minimum Gasteiger partial charge on any atom is -0.497 e. The summed E-state index contributed by atoms with van der Waals surface area (Å²) in [6, 6.07) is 7.95. The summed E-state index contributed by atoms with van der Waals surface area (Å²) in [7, 11) is 1.63. The summed E-state index contributed by atoms with van der Waals surface area (Å²) in [6.07, 6.45) is 6.16. The Morgan fingerprint density at radius 2 is 1.96 bits per heavy atom. The Morgan fingerprint density at radius 1 is 1.22 bits per heavy atom. The summed E-state index contributed by atoms with van der Waals surface area (Å²) in [6.45, 7) is 3.80. The standard InChI is InChI=1S/C20H26N4O3/c1-3-15-11-21-19(22-12-15)27-18-5-4-10-24(14-18)20(25)23-13-16-6-8-17(26-2)9-7-16/h6-9,11-12,18H,3-5,10,13-14H2,1-2H3,(H,23,25). The summed E-state index contributed by atoms with van der Waals surface area (Å²) >= 11 is 0. The third-order valence-corrected chi connectivity index (χ3v) is 4.63. The first kappa shape index (κ1) is 18.9. The fourth-order valence-electron chi connectivity index (χ4n) is 2.99. The van der Waals surface area contributed by atoms with Gasteiger partial charge in [-0.3, -0.25) is 0 Å². The molecular formula is C20H26N4O3. The smallest absolute Gasteiger partial charge is 0.317 e. The van der Waals surface area contributed by atoms with Gasteiger partial charge < -0.3 is 19.7 Å². The van der Waals surface area contributed by atoms with E-state index in [9.17, 15) is 4.79 Å². The zero-order valence-electron chi connectivity index (χ0n) is 15.9. The Morgan fingerprint density at radius 3 is 2.63 bits per heavy atom. The maximum absolute atomic E-state index is 12.5. The molecule has 0 aliphatic carbocycles. The van der Waals surface area contributed by atoms with Gasteiger partial charge in [0.2, 0.25) is 0 Å². The second-order valence-corrected chi connectivity index (χ2v) is 6.56. The van der Waals surface area contributed by atoms with Gasteiger partial charge in [-0.2, -0.15) is 0 Å². The van der Waals surface area contributed by atoms with Crippen molar-refractivity contribution in [1.29, 1.82) is 0 Å². The van der Waals surface area contributed by atoms with Crippen LogP contribution in [0.4, 0.5) is 4.79 Å². The zero-order chi connectivity index (χ0) is 19.1. The molecule has 1 aliphatic rings. The van der Waals surface area contributed by atoms with Crippen molar-refractivity contribution in [2.24, 2.45) is 0 Å². The van der Waals surface area contributed by atoms with Gasteiger partial charge in [-0.05, 0) is 42.5 Å². The number of aromatic nitrogens is 2. The molecule has 0 saturated carbocycles. The molecule has 1 unspecified atom stereocenters. The van der Waals surface area contributed by atoms with Crippen molar-refractivity contribution in [3.8, 4) is 11.8 Å². The van der Waals surface area contributed by atoms with Gasteiger partial charge in [-0.1, -0.05) is 19.1 Å². The molecule has 2 heterocycles. The Balaban J connectivity index is 1.49. The Labute approximate surface area is 159 Å². The highest BCUT2D eigenvalue weighted by Gasteiger charge is 2.25. The minimum absolute atomic E-state index is 0.0821. The van der Waals surface area contributed by atoms with E-state index in [0.717, 1.165) is 42.7 Å². The maximum Gasteiger partial charge on any atom is 0.317 e. The Hall–Kier alpha value is -2.83. The van der Waals surface area contributed by atoms with E-state index >= 15 is 0 Å². The third-order valence-electron chi connectivity index (χ3n) is 4.63. The van der Waals surface area contributed by atoms with Crippen LogP contribution in [0.5, 0.6) is 11.8 Å². The molecule has 0 spiro atoms. The number of carbonyl (C=O) groups excluding carboxylic acids is 1. The zero-order valence-corrected chi connectivity index (χ0v) is 15.9. The molecule has 144 valence electrons. The van der Waals surface area contributed by atoms with Gasteiger partial charge >= 0.3 is 12.0 Å². The van der Waals surface area contributed by atoms with E-state index in [0.29, 0.717) is 19.1 Å². The molecule has 2 aromatic rings. The molecular weight excluding hydrogens is 344 g/mol. The second-order valence-electron chi connectivity index (χ2n) is 6.56. The number of methoxy groups -OCH3 is 1. The molecule has 7 nitrogen and oxygen atoms in total. The molecule has 0 bridgehead atoms. The van der Waals surface area contributed by atoms with Crippen LogP contribution in [-0.2, 0) is 13.0 Å². The number of rotatable bonds is 6. The molecule has 2 amide bonds. The lowest BCUT2D eigenvalue weighted by Gasteiger charge is -2.32. The lowest BCUT2D eigenvalue weighted by Crippen LogP contribution is -2.48. The number of benzene rings is 1. The number of aryl methyl sites for hydroxylation is 1. The van der Waals surface area contributed by atoms with Gasteiger partial charge in [0, 0.05) is 25.5 Å². The highest BCUT2D eigenvalue weighted by molar-refractivity contribution is 5.74. The first-order chi connectivity index (χ1) is 13.2. The van der Waals surface area contributed by atoms with E-state index in [2.05, 4.69) is 22.2 Å². The van der Waals surface area contributed by atoms with E-state index in [1.807, 2.05) is 24.3 Å². The van der Waals surface area contributed by atoms with Gasteiger partial charge in [0.1, 0.15) is 11.9 Å². The van der Waals surface area contributed by atoms with Crippen LogP contribution in [0.25, 0.3) is 0 Å². The molecule has 3 rings (SSSR count). The number of ether oxygens (including phenoxy) is 2. The van der Waals surface area contributed by atoms with Crippen LogP contribution in [0, 0.1) is 0 Å². The topological polar surface area (TPSA) is 76.6 Å². The van der Waals surface area contributed by atoms with E-state index in [1.54, 1.807) is 24.4 Å². The van der Waals surface area contributed by atoms with Crippen LogP contribution >= 0.6 is 0 Å². The van der Waals surface area contributed by atoms with Gasteiger partial charge in [-0.15, -0.1) is 0 Å². The Kier molecular flexibility index (Phi) is 6.46. The van der Waals surface area contributed by atoms with Crippen molar-refractivity contribution in [1.82, 2.24) is 20.2 Å². The third kappa shape index (κ3) is 5.32. The number of hydrogen-bond acceptors (Lipinski definition) is 5. The number of urea groups is 1. The highest BCUT2D eigenvalue weighted by Crippen LogP contribution is 2.16. The lowest BCUT2D eigenvalue weighted by atomic mass is 10.1. The average molecular weight is 370 g/mol. The van der Waals surface area contributed by atoms with Crippen LogP contribution in [0.2, 0.25) is 0 Å². The summed E-state index contributed by atoms with van der Waals surface area (Å²) in [5.74, 6) is 0.801. The molecule has 7 heteroatoms. The Bertz CT molecular complexity index is 734. The van der Waals surface area contributed by atoms with Crippen molar-refractivity contribution < 1.29 is 14.3 Å². The SMILES string of the molecule is CCc1cnc(OC2CCCN(C(=O)NCc3ccc(OC)cc3)C2)nc1. The van der Waals surface area contributed by atoms with Crippen molar-refractivity contribution in [3.63, 3.8) is 0 Å². The fourth-order valence-corrected chi connectivity index (χ4v) is 2.99. The van der Waals surface area contributed by atoms with Crippen LogP contribution < -0.4 is 14.8 Å². The normalized spacial score (nSPS) is 16.7. The molecule has 1 N–H and O–H groups in total. The lowest BCUT2D eigenvalue weighted by molar-refractivity contribution is 0.0937. The monoisotopic (exact) mass is 370 g/mol. The van der Waals surface area contributed by atoms with Crippen molar-refractivity contribution in [2.45, 2.75) is 38.8 Å². The molecule has 1 aromatic carbocycles. The fraction of sp³-hybridized carbons (Fsp3) is 0.450. The van der Waals surface area contributed by atoms with Crippen molar-refractivity contribution >= 4 is 6.03 Å². The van der Waals surface area contributed by atoms with Crippen molar-refractivity contribution in [2.75, 3.05) is 20.2 Å². The van der Waals surface area contributed by atoms with E-state index in [1.165, 1.54) is 0 Å². The summed E-state index contributed by atoms with van der Waals surface area (Å²) in [5, 5.41) is 2.96. The molecule has 1 saturated heterocycles. The highest BCUT2D eigenvalue weighted by atomic mass is 16.5. The molecule has 1 aromatic heterocycles. The van der Waals surface area contributed by atoms with E-state index < -0.39 is 0 Å². The molecule has 0 radical (unpaired) electrons. The average Bonchev–Trinajstić information content (AvgIpc) is 2.73. The number of carbonyl (C=O) groups is 1. The minimum atomic E-state index is -0.0852. The van der Waals surface area contributed by atoms with Gasteiger partial charge in [-0.25, -0.2) is 14.8 Å². The quantitative estimate of drug-likeness (QED) is 0.846. The number of hydrogen-bond donors (Lipinski definition) is 1. The number of likely N-dealkylation sites (tertiary alicyclic amines) is 1. The van der Waals surface area contributed by atoms with Crippen molar-refractivity contribution in [3.05, 3.63) is 47.8 Å². The van der Waals surface area contributed by atoms with Crippen LogP contribution in [0.3, 0.4) is 0 Å². The van der Waals surface area contributed by atoms with E-state index in [4.69, 9.17) is 9.47 Å². The molecule has 1 atom stereocenters. The molecule has 1 fully saturated rings. The molecule has 1 aliphatic heterocycles. The van der Waals surface area contributed by atoms with Gasteiger partial charge in [0.15, 0.2) is 0 Å². The largest absolute Gasteiger partial charge is 0.497 e. The van der Waals surface area contributed by atoms with Crippen LogP contribution in [0.1, 0.15) is 30.9 Å². The number of nitrogens with zero attached hydrogens (tertiary/aromatic N) is 3. The van der Waals surface area contributed by atoms with E-state index in [-0.39, 0.29) is 12.1 Å². The predicted molar refractivity (Wildman–Crippen MR) is 102 cm³/mol. The second kappa shape index (κ2) is 9.21. The van der Waals surface area contributed by atoms with Crippen LogP contribution in [0.15, 0.2) is 36.7 Å². The molecule has 27 heavy (non-hydrogen) atoms. The summed E-state index contributed by atoms with van der Waals surface area (Å²) < 4.78 is 11.0. The first-order valence-corrected chi connectivity index (χ1v) is 9.31. The van der Waals surface area contributed by atoms with Gasteiger partial charge in [0.25, 0.3) is 0 Å². The predicted octanol–water partition coefficient (Wildman–Crippen LogP) is 2.80. The number of nitrogens with one attached hydrogen (secondary N) is 1. The maximum atomic E-state index is 12.5. The van der Waals surface area contributed by atoms with Crippen LogP contribution in [-0.4, -0.2) is 47.2 Å². The first-order valence-electron chi connectivity index (χ1n) is 9.31. The van der Waals surface area contributed by atoms with Gasteiger partial charge in [0.05, 0.1) is 13.7 Å². The summed E-state index contributed by atoms with van der Waals surface area (Å²) in [5.41, 5.74) is 2.10. The summed E-state index contributed by atoms with van der Waals surface area (Å²) in [4.78, 5) is 22.8. The number of amides is 2. The number of piperidine rings is 1.